The van der Waals surface area contributed by atoms with Crippen molar-refractivity contribution in [3.8, 4) is 11.4 Å². The molecule has 3 rings (SSSR count). The van der Waals surface area contributed by atoms with Crippen LogP contribution >= 0.6 is 15.9 Å². The van der Waals surface area contributed by atoms with Crippen molar-refractivity contribution >= 4 is 21.7 Å². The number of hydrogen-bond donors (Lipinski definition) is 2. The van der Waals surface area contributed by atoms with Crippen molar-refractivity contribution in [2.24, 2.45) is 0 Å². The van der Waals surface area contributed by atoms with Crippen molar-refractivity contribution in [3.05, 3.63) is 44.2 Å². The summed E-state index contributed by atoms with van der Waals surface area (Å²) in [6, 6.07) is 5.95. The predicted molar refractivity (Wildman–Crippen MR) is 79.5 cm³/mol. The Balaban J connectivity index is 2.12. The topological polar surface area (TPSA) is 57.8 Å². The number of fused-ring (bicyclic) bond motifs is 1. The third-order valence-corrected chi connectivity index (χ3v) is 4.21. The summed E-state index contributed by atoms with van der Waals surface area (Å²) in [4.78, 5) is 19.5. The van der Waals surface area contributed by atoms with Gasteiger partial charge in [-0.2, -0.15) is 0 Å². The molecule has 0 fully saturated rings. The minimum Gasteiger partial charge on any atom is -0.370 e. The second-order valence-electron chi connectivity index (χ2n) is 4.74. The number of benzene rings is 1. The molecule has 0 spiro atoms. The molecule has 0 unspecified atom stereocenters. The van der Waals surface area contributed by atoms with E-state index in [0.717, 1.165) is 46.4 Å². The fraction of sp³-hybridized carbons (Fsp3) is 0.286. The molecule has 0 radical (unpaired) electrons. The van der Waals surface area contributed by atoms with Gasteiger partial charge >= 0.3 is 0 Å². The molecule has 19 heavy (non-hydrogen) atoms. The van der Waals surface area contributed by atoms with Gasteiger partial charge in [0.25, 0.3) is 5.56 Å². The fourth-order valence-electron chi connectivity index (χ4n) is 2.22. The van der Waals surface area contributed by atoms with Gasteiger partial charge in [-0.25, -0.2) is 4.98 Å². The number of H-pyrrole nitrogens is 1. The first kappa shape index (κ1) is 12.4. The molecule has 5 heteroatoms. The van der Waals surface area contributed by atoms with Gasteiger partial charge in [0.1, 0.15) is 11.6 Å². The Bertz CT molecular complexity index is 694. The van der Waals surface area contributed by atoms with Crippen LogP contribution in [0.25, 0.3) is 11.4 Å². The van der Waals surface area contributed by atoms with Crippen LogP contribution in [0.3, 0.4) is 0 Å². The van der Waals surface area contributed by atoms with Crippen LogP contribution in [0.5, 0.6) is 0 Å². The zero-order valence-electron chi connectivity index (χ0n) is 10.6. The second kappa shape index (κ2) is 4.81. The lowest BCUT2D eigenvalue weighted by Gasteiger charge is -2.16. The number of nitrogens with one attached hydrogen (secondary N) is 2. The standard InChI is InChI=1S/C14H14BrN3O/c1-8-4-5-9(7-11(8)15)12-17-13-10(14(19)18-12)3-2-6-16-13/h4-5,7H,2-3,6H2,1H3,(H2,16,17,18,19). The average Bonchev–Trinajstić information content (AvgIpc) is 2.42. The van der Waals surface area contributed by atoms with E-state index in [1.54, 1.807) is 0 Å². The highest BCUT2D eigenvalue weighted by atomic mass is 79.9. The van der Waals surface area contributed by atoms with Crippen molar-refractivity contribution in [2.45, 2.75) is 19.8 Å². The largest absolute Gasteiger partial charge is 0.370 e. The molecule has 4 nitrogen and oxygen atoms in total. The Morgan fingerprint density at radius 3 is 3.00 bits per heavy atom. The summed E-state index contributed by atoms with van der Waals surface area (Å²) in [7, 11) is 0. The van der Waals surface area contributed by atoms with Gasteiger partial charge in [0.2, 0.25) is 0 Å². The number of aromatic nitrogens is 2. The van der Waals surface area contributed by atoms with Crippen molar-refractivity contribution in [1.29, 1.82) is 0 Å². The van der Waals surface area contributed by atoms with Crippen LogP contribution < -0.4 is 10.9 Å². The third kappa shape index (κ3) is 2.30. The molecule has 2 heterocycles. The highest BCUT2D eigenvalue weighted by Crippen LogP contribution is 2.24. The van der Waals surface area contributed by atoms with Gasteiger partial charge in [-0.1, -0.05) is 28.1 Å². The van der Waals surface area contributed by atoms with Crippen LogP contribution in [0.4, 0.5) is 5.82 Å². The zero-order valence-corrected chi connectivity index (χ0v) is 12.2. The Labute approximate surface area is 119 Å². The van der Waals surface area contributed by atoms with E-state index in [1.807, 2.05) is 25.1 Å². The van der Waals surface area contributed by atoms with E-state index in [1.165, 1.54) is 0 Å². The molecule has 0 aliphatic carbocycles. The summed E-state index contributed by atoms with van der Waals surface area (Å²) in [5, 5.41) is 3.20. The van der Waals surface area contributed by atoms with Crippen LogP contribution in [0.1, 0.15) is 17.5 Å². The van der Waals surface area contributed by atoms with E-state index in [9.17, 15) is 4.79 Å². The molecule has 1 aliphatic rings. The van der Waals surface area contributed by atoms with Crippen molar-refractivity contribution in [1.82, 2.24) is 9.97 Å². The molecular weight excluding hydrogens is 306 g/mol. The summed E-state index contributed by atoms with van der Waals surface area (Å²) in [5.74, 6) is 1.33. The molecule has 0 amide bonds. The summed E-state index contributed by atoms with van der Waals surface area (Å²) in [6.07, 6.45) is 1.77. The van der Waals surface area contributed by atoms with Gasteiger partial charge in [0, 0.05) is 16.6 Å². The lowest BCUT2D eigenvalue weighted by atomic mass is 10.1. The second-order valence-corrected chi connectivity index (χ2v) is 5.59. The van der Waals surface area contributed by atoms with Gasteiger partial charge in [-0.3, -0.25) is 4.79 Å². The maximum atomic E-state index is 12.1. The van der Waals surface area contributed by atoms with E-state index in [0.29, 0.717) is 5.82 Å². The SMILES string of the molecule is Cc1ccc(-c2nc3c(c(=O)[nH]2)CCCN3)cc1Br. The lowest BCUT2D eigenvalue weighted by Crippen LogP contribution is -2.24. The van der Waals surface area contributed by atoms with Crippen LogP contribution in [-0.2, 0) is 6.42 Å². The highest BCUT2D eigenvalue weighted by molar-refractivity contribution is 9.10. The lowest BCUT2D eigenvalue weighted by molar-refractivity contribution is 0.800. The first-order valence-electron chi connectivity index (χ1n) is 6.29. The van der Waals surface area contributed by atoms with Crippen molar-refractivity contribution in [2.75, 3.05) is 11.9 Å². The van der Waals surface area contributed by atoms with E-state index in [4.69, 9.17) is 0 Å². The number of anilines is 1. The maximum absolute atomic E-state index is 12.1. The molecule has 1 aromatic carbocycles. The molecule has 2 N–H and O–H groups in total. The van der Waals surface area contributed by atoms with Crippen LogP contribution in [0, 0.1) is 6.92 Å². The quantitative estimate of drug-likeness (QED) is 0.849. The van der Waals surface area contributed by atoms with Crippen LogP contribution in [0.2, 0.25) is 0 Å². The van der Waals surface area contributed by atoms with Crippen LogP contribution in [0.15, 0.2) is 27.5 Å². The van der Waals surface area contributed by atoms with Gasteiger partial charge in [-0.05, 0) is 31.4 Å². The number of halogens is 1. The Kier molecular flexibility index (Phi) is 3.14. The van der Waals surface area contributed by atoms with Gasteiger partial charge in [0.15, 0.2) is 0 Å². The van der Waals surface area contributed by atoms with E-state index < -0.39 is 0 Å². The minimum atomic E-state index is -0.0381. The summed E-state index contributed by atoms with van der Waals surface area (Å²) >= 11 is 3.50. The molecule has 0 saturated heterocycles. The molecule has 0 bridgehead atoms. The number of rotatable bonds is 1. The summed E-state index contributed by atoms with van der Waals surface area (Å²) in [5.41, 5.74) is 2.79. The Hall–Kier alpha value is -1.62. The molecule has 0 atom stereocenters. The summed E-state index contributed by atoms with van der Waals surface area (Å²) < 4.78 is 1.01. The zero-order chi connectivity index (χ0) is 13.4. The highest BCUT2D eigenvalue weighted by Gasteiger charge is 2.15. The van der Waals surface area contributed by atoms with Crippen molar-refractivity contribution in [3.63, 3.8) is 0 Å². The number of aryl methyl sites for hydroxylation is 1. The fourth-order valence-corrected chi connectivity index (χ4v) is 2.60. The van der Waals surface area contributed by atoms with Gasteiger partial charge < -0.3 is 10.3 Å². The molecule has 0 saturated carbocycles. The smallest absolute Gasteiger partial charge is 0.256 e. The maximum Gasteiger partial charge on any atom is 0.256 e. The number of nitrogens with zero attached hydrogens (tertiary/aromatic N) is 1. The molecule has 2 aromatic rings. The number of hydrogen-bond acceptors (Lipinski definition) is 3. The van der Waals surface area contributed by atoms with Crippen molar-refractivity contribution < 1.29 is 0 Å². The monoisotopic (exact) mass is 319 g/mol. The van der Waals surface area contributed by atoms with Gasteiger partial charge in [0.05, 0.1) is 5.56 Å². The van der Waals surface area contributed by atoms with Gasteiger partial charge in [-0.15, -0.1) is 0 Å². The van der Waals surface area contributed by atoms with Crippen LogP contribution in [-0.4, -0.2) is 16.5 Å². The van der Waals surface area contributed by atoms with E-state index >= 15 is 0 Å². The normalized spacial score (nSPS) is 13.8. The first-order chi connectivity index (χ1) is 9.15. The molecule has 1 aliphatic heterocycles. The average molecular weight is 320 g/mol. The molecular formula is C14H14BrN3O. The summed E-state index contributed by atoms with van der Waals surface area (Å²) in [6.45, 7) is 2.90. The molecule has 1 aromatic heterocycles. The van der Waals surface area contributed by atoms with E-state index in [2.05, 4.69) is 31.2 Å². The first-order valence-corrected chi connectivity index (χ1v) is 7.08. The Morgan fingerprint density at radius 1 is 1.37 bits per heavy atom. The predicted octanol–water partition coefficient (Wildman–Crippen LogP) is 2.87. The molecule has 98 valence electrons. The minimum absolute atomic E-state index is 0.0381. The number of aromatic amines is 1. The Morgan fingerprint density at radius 2 is 2.21 bits per heavy atom. The van der Waals surface area contributed by atoms with E-state index in [-0.39, 0.29) is 5.56 Å². The third-order valence-electron chi connectivity index (χ3n) is 3.36.